The van der Waals surface area contributed by atoms with Crippen LogP contribution < -0.4 is 0 Å². The van der Waals surface area contributed by atoms with Crippen molar-refractivity contribution in [3.63, 3.8) is 0 Å². The van der Waals surface area contributed by atoms with Gasteiger partial charge in [0, 0.05) is 19.3 Å². The zero-order chi connectivity index (χ0) is 11.3. The largest absolute Gasteiger partial charge is 0.466 e. The Balaban J connectivity index is 0.000000162. The SMILES string of the molecule is CC(=O)C1CCC(=O)O1.O=C1CCCO1. The molecule has 0 aromatic rings. The van der Waals surface area contributed by atoms with E-state index in [2.05, 4.69) is 9.47 Å². The summed E-state index contributed by atoms with van der Waals surface area (Å²) in [5.74, 6) is -0.356. The van der Waals surface area contributed by atoms with Gasteiger partial charge >= 0.3 is 11.9 Å². The lowest BCUT2D eigenvalue weighted by Crippen LogP contribution is -2.16. The number of esters is 2. The Morgan fingerprint density at radius 3 is 2.20 bits per heavy atom. The first-order valence-corrected chi connectivity index (χ1v) is 4.95. The van der Waals surface area contributed by atoms with E-state index < -0.39 is 6.10 Å². The Bertz CT molecular complexity index is 263. The first-order chi connectivity index (χ1) is 7.09. The van der Waals surface area contributed by atoms with E-state index in [1.54, 1.807) is 0 Å². The lowest BCUT2D eigenvalue weighted by molar-refractivity contribution is -0.146. The van der Waals surface area contributed by atoms with Crippen LogP contribution in [0.4, 0.5) is 0 Å². The van der Waals surface area contributed by atoms with Crippen molar-refractivity contribution < 1.29 is 23.9 Å². The van der Waals surface area contributed by atoms with Gasteiger partial charge in [0.15, 0.2) is 11.9 Å². The molecule has 0 radical (unpaired) electrons. The van der Waals surface area contributed by atoms with Crippen LogP contribution in [0.25, 0.3) is 0 Å². The fourth-order valence-corrected chi connectivity index (χ4v) is 1.29. The molecule has 0 N–H and O–H groups in total. The molecule has 0 spiro atoms. The molecule has 2 aliphatic rings. The number of Topliss-reactive ketones (excluding diaryl/α,β-unsaturated/α-hetero) is 1. The van der Waals surface area contributed by atoms with Gasteiger partial charge in [-0.3, -0.25) is 14.4 Å². The van der Waals surface area contributed by atoms with Gasteiger partial charge in [0.25, 0.3) is 0 Å². The molecule has 15 heavy (non-hydrogen) atoms. The van der Waals surface area contributed by atoms with Gasteiger partial charge in [0.2, 0.25) is 0 Å². The van der Waals surface area contributed by atoms with Gasteiger partial charge in [0.05, 0.1) is 6.61 Å². The Kier molecular flexibility index (Phi) is 4.27. The maximum absolute atomic E-state index is 10.5. The van der Waals surface area contributed by atoms with E-state index in [0.29, 0.717) is 25.9 Å². The van der Waals surface area contributed by atoms with Crippen molar-refractivity contribution in [3.8, 4) is 0 Å². The summed E-state index contributed by atoms with van der Waals surface area (Å²) in [6.45, 7) is 2.07. The van der Waals surface area contributed by atoms with Gasteiger partial charge in [-0.25, -0.2) is 0 Å². The van der Waals surface area contributed by atoms with Crippen molar-refractivity contribution in [2.75, 3.05) is 6.61 Å². The quantitative estimate of drug-likeness (QED) is 0.598. The van der Waals surface area contributed by atoms with Gasteiger partial charge in [-0.15, -0.1) is 0 Å². The van der Waals surface area contributed by atoms with Gasteiger partial charge < -0.3 is 9.47 Å². The van der Waals surface area contributed by atoms with Crippen LogP contribution in [-0.2, 0) is 23.9 Å². The highest BCUT2D eigenvalue weighted by atomic mass is 16.6. The minimum atomic E-state index is -0.447. The lowest BCUT2D eigenvalue weighted by Gasteiger charge is -2.01. The molecule has 0 aliphatic carbocycles. The van der Waals surface area contributed by atoms with Crippen LogP contribution in [0.5, 0.6) is 0 Å². The van der Waals surface area contributed by atoms with Crippen molar-refractivity contribution in [1.29, 1.82) is 0 Å². The van der Waals surface area contributed by atoms with Crippen LogP contribution >= 0.6 is 0 Å². The predicted molar refractivity (Wildman–Crippen MR) is 50.0 cm³/mol. The van der Waals surface area contributed by atoms with Crippen molar-refractivity contribution in [3.05, 3.63) is 0 Å². The Hall–Kier alpha value is -1.39. The van der Waals surface area contributed by atoms with Gasteiger partial charge in [-0.05, 0) is 13.3 Å². The molecule has 5 heteroatoms. The molecule has 84 valence electrons. The van der Waals surface area contributed by atoms with Gasteiger partial charge in [-0.2, -0.15) is 0 Å². The Morgan fingerprint density at radius 1 is 1.27 bits per heavy atom. The molecule has 0 aromatic carbocycles. The van der Waals surface area contributed by atoms with Gasteiger partial charge in [0.1, 0.15) is 0 Å². The zero-order valence-corrected chi connectivity index (χ0v) is 8.65. The summed E-state index contributed by atoms with van der Waals surface area (Å²) in [6.07, 6.45) is 2.05. The van der Waals surface area contributed by atoms with E-state index in [1.807, 2.05) is 0 Å². The van der Waals surface area contributed by atoms with E-state index in [0.717, 1.165) is 6.42 Å². The summed E-state index contributed by atoms with van der Waals surface area (Å²) in [4.78, 5) is 30.9. The molecule has 0 amide bonds. The fraction of sp³-hybridized carbons (Fsp3) is 0.700. The highest BCUT2D eigenvalue weighted by Gasteiger charge is 2.26. The third-order valence-corrected chi connectivity index (χ3v) is 2.13. The number of carbonyl (C=O) groups is 3. The fourth-order valence-electron chi connectivity index (χ4n) is 1.29. The monoisotopic (exact) mass is 214 g/mol. The normalized spacial score (nSPS) is 23.9. The number of hydrogen-bond donors (Lipinski definition) is 0. The average molecular weight is 214 g/mol. The molecule has 2 fully saturated rings. The summed E-state index contributed by atoms with van der Waals surface area (Å²) in [7, 11) is 0. The number of hydrogen-bond acceptors (Lipinski definition) is 5. The molecule has 5 nitrogen and oxygen atoms in total. The predicted octanol–water partition coefficient (Wildman–Crippen LogP) is 0.604. The van der Waals surface area contributed by atoms with Crippen LogP contribution in [0.2, 0.25) is 0 Å². The molecule has 1 atom stereocenters. The molecule has 0 bridgehead atoms. The second-order valence-corrected chi connectivity index (χ2v) is 3.45. The highest BCUT2D eigenvalue weighted by Crippen LogP contribution is 2.13. The third-order valence-electron chi connectivity index (χ3n) is 2.13. The Labute approximate surface area is 87.7 Å². The molecule has 2 heterocycles. The Morgan fingerprint density at radius 2 is 2.00 bits per heavy atom. The summed E-state index contributed by atoms with van der Waals surface area (Å²) >= 11 is 0. The van der Waals surface area contributed by atoms with Crippen molar-refractivity contribution in [2.24, 2.45) is 0 Å². The second kappa shape index (κ2) is 5.48. The summed E-state index contributed by atoms with van der Waals surface area (Å²) in [5, 5.41) is 0. The van der Waals surface area contributed by atoms with E-state index in [9.17, 15) is 14.4 Å². The molecular formula is C10H14O5. The smallest absolute Gasteiger partial charge is 0.306 e. The molecule has 2 saturated heterocycles. The summed E-state index contributed by atoms with van der Waals surface area (Å²) in [5.41, 5.74) is 0. The lowest BCUT2D eigenvalue weighted by atomic mass is 10.2. The van der Waals surface area contributed by atoms with Crippen LogP contribution in [-0.4, -0.2) is 30.4 Å². The maximum atomic E-state index is 10.5. The highest BCUT2D eigenvalue weighted by molar-refractivity contribution is 5.86. The van der Waals surface area contributed by atoms with Crippen molar-refractivity contribution in [2.45, 2.75) is 38.7 Å². The first-order valence-electron chi connectivity index (χ1n) is 4.95. The van der Waals surface area contributed by atoms with Crippen molar-refractivity contribution >= 4 is 17.7 Å². The molecule has 0 aromatic heterocycles. The zero-order valence-electron chi connectivity index (χ0n) is 8.65. The standard InChI is InChI=1S/C6H8O3.C4H6O2/c1-4(7)5-2-3-6(8)9-5;5-4-2-1-3-6-4/h5H,2-3H2,1H3;1-3H2. The van der Waals surface area contributed by atoms with Crippen LogP contribution in [0.1, 0.15) is 32.6 Å². The van der Waals surface area contributed by atoms with Gasteiger partial charge in [-0.1, -0.05) is 0 Å². The van der Waals surface area contributed by atoms with Crippen molar-refractivity contribution in [1.82, 2.24) is 0 Å². The third kappa shape index (κ3) is 4.10. The molecule has 1 unspecified atom stereocenters. The maximum Gasteiger partial charge on any atom is 0.306 e. The molecule has 2 aliphatic heterocycles. The minimum absolute atomic E-state index is 0.0463. The number of rotatable bonds is 1. The summed E-state index contributed by atoms with van der Waals surface area (Å²) in [6, 6.07) is 0. The molecule has 0 saturated carbocycles. The van der Waals surface area contributed by atoms with E-state index in [1.165, 1.54) is 6.92 Å². The van der Waals surface area contributed by atoms with Crippen LogP contribution in [0.15, 0.2) is 0 Å². The van der Waals surface area contributed by atoms with E-state index >= 15 is 0 Å². The van der Waals surface area contributed by atoms with Crippen LogP contribution in [0.3, 0.4) is 0 Å². The summed E-state index contributed by atoms with van der Waals surface area (Å²) < 4.78 is 9.15. The second-order valence-electron chi connectivity index (χ2n) is 3.45. The molecule has 2 rings (SSSR count). The number of carbonyl (C=O) groups excluding carboxylic acids is 3. The number of ether oxygens (including phenoxy) is 2. The van der Waals surface area contributed by atoms with E-state index in [4.69, 9.17) is 0 Å². The average Bonchev–Trinajstić information content (AvgIpc) is 2.77. The topological polar surface area (TPSA) is 69.7 Å². The number of cyclic esters (lactones) is 2. The first kappa shape index (κ1) is 11.7. The van der Waals surface area contributed by atoms with Crippen LogP contribution in [0, 0.1) is 0 Å². The van der Waals surface area contributed by atoms with E-state index in [-0.39, 0.29) is 17.7 Å². The minimum Gasteiger partial charge on any atom is -0.466 e. The number of ketones is 1. The molecular weight excluding hydrogens is 200 g/mol.